The van der Waals surface area contributed by atoms with Crippen LogP contribution in [0.25, 0.3) is 0 Å². The van der Waals surface area contributed by atoms with Crippen molar-refractivity contribution >= 4 is 5.97 Å². The van der Waals surface area contributed by atoms with Gasteiger partial charge in [-0.1, -0.05) is 11.1 Å². The summed E-state index contributed by atoms with van der Waals surface area (Å²) in [5, 5.41) is 15.2. The fraction of sp³-hybridized carbons (Fsp3) is 0.167. The Morgan fingerprint density at radius 3 is 3.09 bits per heavy atom. The summed E-state index contributed by atoms with van der Waals surface area (Å²) in [5.41, 5.74) is -0.0970. The zero-order valence-electron chi connectivity index (χ0n) is 5.56. The number of rotatable bonds is 2. The van der Waals surface area contributed by atoms with E-state index in [-0.39, 0.29) is 12.2 Å². The van der Waals surface area contributed by atoms with Gasteiger partial charge in [0.1, 0.15) is 6.54 Å². The number of hydrogen-bond donors (Lipinski definition) is 1. The van der Waals surface area contributed by atoms with Gasteiger partial charge >= 0.3 is 5.97 Å². The summed E-state index contributed by atoms with van der Waals surface area (Å²) in [5.74, 6) is 1.20. The lowest BCUT2D eigenvalue weighted by molar-refractivity contribution is 0.0690. The summed E-state index contributed by atoms with van der Waals surface area (Å²) in [7, 11) is 0. The van der Waals surface area contributed by atoms with Crippen molar-refractivity contribution in [2.24, 2.45) is 0 Å². The molecule has 0 aliphatic heterocycles. The molecule has 0 amide bonds. The van der Waals surface area contributed by atoms with Crippen molar-refractivity contribution < 1.29 is 9.90 Å². The Bertz CT molecular complexity index is 310. The molecule has 0 fully saturated rings. The third-order valence-electron chi connectivity index (χ3n) is 1.01. The van der Waals surface area contributed by atoms with Crippen LogP contribution in [0.3, 0.4) is 0 Å². The second kappa shape index (κ2) is 2.84. The fourth-order valence-electron chi connectivity index (χ4n) is 0.567. The van der Waals surface area contributed by atoms with Gasteiger partial charge in [-0.05, 0) is 0 Å². The van der Waals surface area contributed by atoms with Crippen LogP contribution in [0.5, 0.6) is 0 Å². The van der Waals surface area contributed by atoms with E-state index in [1.54, 1.807) is 0 Å². The van der Waals surface area contributed by atoms with E-state index in [2.05, 4.69) is 16.2 Å². The number of carboxylic acid groups (broad SMARTS) is 1. The minimum Gasteiger partial charge on any atom is -0.476 e. The quantitative estimate of drug-likeness (QED) is 0.584. The third kappa shape index (κ3) is 1.55. The summed E-state index contributed by atoms with van der Waals surface area (Å²) in [6.45, 7) is 0.236. The highest BCUT2D eigenvalue weighted by molar-refractivity contribution is 5.84. The molecule has 0 bridgehead atoms. The molecule has 0 spiro atoms. The van der Waals surface area contributed by atoms with Gasteiger partial charge < -0.3 is 5.11 Å². The maximum atomic E-state index is 10.3. The highest BCUT2D eigenvalue weighted by Crippen LogP contribution is 1.91. The van der Waals surface area contributed by atoms with Gasteiger partial charge in [0.15, 0.2) is 5.69 Å². The van der Waals surface area contributed by atoms with Gasteiger partial charge in [0.2, 0.25) is 0 Å². The lowest BCUT2D eigenvalue weighted by Crippen LogP contribution is -1.96. The Morgan fingerprint density at radius 2 is 2.64 bits per heavy atom. The third-order valence-corrected chi connectivity index (χ3v) is 1.01. The molecular formula is C6H5N3O2. The molecule has 1 rings (SSSR count). The van der Waals surface area contributed by atoms with Gasteiger partial charge in [-0.2, -0.15) is 0 Å². The van der Waals surface area contributed by atoms with E-state index in [9.17, 15) is 4.79 Å². The highest BCUT2D eigenvalue weighted by Gasteiger charge is 2.06. The molecule has 11 heavy (non-hydrogen) atoms. The minimum atomic E-state index is -1.10. The standard InChI is InChI=1S/C6H5N3O2/c1-2-3-9-4-5(6(10)11)7-8-9/h1,4H,3H2,(H,10,11). The lowest BCUT2D eigenvalue weighted by Gasteiger charge is -1.86. The van der Waals surface area contributed by atoms with E-state index in [4.69, 9.17) is 11.5 Å². The molecule has 0 aromatic carbocycles. The zero-order valence-corrected chi connectivity index (χ0v) is 5.56. The molecule has 0 saturated heterocycles. The van der Waals surface area contributed by atoms with Crippen molar-refractivity contribution in [1.29, 1.82) is 0 Å². The summed E-state index contributed by atoms with van der Waals surface area (Å²) < 4.78 is 1.28. The van der Waals surface area contributed by atoms with Crippen LogP contribution >= 0.6 is 0 Å². The molecule has 1 N–H and O–H groups in total. The molecule has 0 saturated carbocycles. The number of aromatic nitrogens is 3. The summed E-state index contributed by atoms with van der Waals surface area (Å²) in [6.07, 6.45) is 6.24. The van der Waals surface area contributed by atoms with Gasteiger partial charge in [-0.15, -0.1) is 11.5 Å². The molecule has 1 heterocycles. The Hall–Kier alpha value is -1.83. The van der Waals surface area contributed by atoms with Crippen LogP contribution in [0, 0.1) is 12.3 Å². The highest BCUT2D eigenvalue weighted by atomic mass is 16.4. The molecule has 0 atom stereocenters. The first-order chi connectivity index (χ1) is 5.24. The van der Waals surface area contributed by atoms with Crippen LogP contribution < -0.4 is 0 Å². The van der Waals surface area contributed by atoms with E-state index >= 15 is 0 Å². The fourth-order valence-corrected chi connectivity index (χ4v) is 0.567. The molecule has 0 aliphatic carbocycles. The predicted molar refractivity (Wildman–Crippen MR) is 35.8 cm³/mol. The van der Waals surface area contributed by atoms with E-state index < -0.39 is 5.97 Å². The first kappa shape index (κ1) is 7.28. The van der Waals surface area contributed by atoms with Crippen LogP contribution in [0.4, 0.5) is 0 Å². The predicted octanol–water partition coefficient (Wildman–Crippen LogP) is -0.391. The molecule has 1 aromatic rings. The molecule has 1 aromatic heterocycles. The first-order valence-electron chi connectivity index (χ1n) is 2.81. The largest absolute Gasteiger partial charge is 0.476 e. The SMILES string of the molecule is C#CCn1cc(C(=O)O)nn1. The molecule has 56 valence electrons. The van der Waals surface area contributed by atoms with Gasteiger partial charge in [0.25, 0.3) is 0 Å². The van der Waals surface area contributed by atoms with Crippen molar-refractivity contribution in [2.45, 2.75) is 6.54 Å². The van der Waals surface area contributed by atoms with Gasteiger partial charge in [-0.3, -0.25) is 0 Å². The van der Waals surface area contributed by atoms with E-state index in [0.717, 1.165) is 0 Å². The van der Waals surface area contributed by atoms with Crippen LogP contribution in [-0.2, 0) is 6.54 Å². The zero-order chi connectivity index (χ0) is 8.27. The Kier molecular flexibility index (Phi) is 1.88. The topological polar surface area (TPSA) is 68.0 Å². The number of nitrogens with zero attached hydrogens (tertiary/aromatic N) is 3. The number of hydrogen-bond acceptors (Lipinski definition) is 3. The summed E-state index contributed by atoms with van der Waals surface area (Å²) in [4.78, 5) is 10.3. The Balaban J connectivity index is 2.83. The number of carbonyl (C=O) groups is 1. The number of aromatic carboxylic acids is 1. The second-order valence-electron chi connectivity index (χ2n) is 1.81. The molecule has 0 aliphatic rings. The normalized spacial score (nSPS) is 9.00. The van der Waals surface area contributed by atoms with Crippen LogP contribution in [0.2, 0.25) is 0 Å². The van der Waals surface area contributed by atoms with Gasteiger partial charge in [0, 0.05) is 0 Å². The Labute approximate surface area is 62.6 Å². The maximum absolute atomic E-state index is 10.3. The minimum absolute atomic E-state index is 0.0970. The van der Waals surface area contributed by atoms with Crippen molar-refractivity contribution in [3.8, 4) is 12.3 Å². The molecular weight excluding hydrogens is 146 g/mol. The number of terminal acetylenes is 1. The lowest BCUT2D eigenvalue weighted by atomic mass is 10.5. The monoisotopic (exact) mass is 151 g/mol. The van der Waals surface area contributed by atoms with Crippen molar-refractivity contribution in [3.05, 3.63) is 11.9 Å². The van der Waals surface area contributed by atoms with Crippen molar-refractivity contribution in [3.63, 3.8) is 0 Å². The van der Waals surface area contributed by atoms with Crippen LogP contribution in [0.1, 0.15) is 10.5 Å². The summed E-state index contributed by atoms with van der Waals surface area (Å²) in [6, 6.07) is 0. The molecule has 0 unspecified atom stereocenters. The van der Waals surface area contributed by atoms with Gasteiger partial charge in [0.05, 0.1) is 6.20 Å². The maximum Gasteiger partial charge on any atom is 0.358 e. The van der Waals surface area contributed by atoms with Crippen LogP contribution in [-0.4, -0.2) is 26.1 Å². The van der Waals surface area contributed by atoms with Crippen LogP contribution in [0.15, 0.2) is 6.20 Å². The van der Waals surface area contributed by atoms with E-state index in [1.165, 1.54) is 10.9 Å². The number of carboxylic acids is 1. The molecule has 5 heteroatoms. The van der Waals surface area contributed by atoms with E-state index in [1.807, 2.05) is 0 Å². The second-order valence-corrected chi connectivity index (χ2v) is 1.81. The van der Waals surface area contributed by atoms with Gasteiger partial charge in [-0.25, -0.2) is 9.48 Å². The van der Waals surface area contributed by atoms with Crippen molar-refractivity contribution in [1.82, 2.24) is 15.0 Å². The summed E-state index contributed by atoms with van der Waals surface area (Å²) >= 11 is 0. The van der Waals surface area contributed by atoms with Crippen molar-refractivity contribution in [2.75, 3.05) is 0 Å². The van der Waals surface area contributed by atoms with E-state index in [0.29, 0.717) is 0 Å². The Morgan fingerprint density at radius 1 is 1.91 bits per heavy atom. The average Bonchev–Trinajstić information content (AvgIpc) is 2.37. The average molecular weight is 151 g/mol. The molecule has 5 nitrogen and oxygen atoms in total. The smallest absolute Gasteiger partial charge is 0.358 e. The first-order valence-corrected chi connectivity index (χ1v) is 2.81. The molecule has 0 radical (unpaired) electrons.